The van der Waals surface area contributed by atoms with E-state index in [0.717, 1.165) is 24.6 Å². The second-order valence-electron chi connectivity index (χ2n) is 6.53. The summed E-state index contributed by atoms with van der Waals surface area (Å²) in [6.07, 6.45) is 9.76. The van der Waals surface area contributed by atoms with Gasteiger partial charge in [-0.2, -0.15) is 5.10 Å². The van der Waals surface area contributed by atoms with E-state index in [2.05, 4.69) is 35.9 Å². The molecule has 0 spiro atoms. The fourth-order valence-corrected chi connectivity index (χ4v) is 3.45. The number of rotatable bonds is 8. The van der Waals surface area contributed by atoms with Crippen LogP contribution in [-0.4, -0.2) is 23.4 Å². The van der Waals surface area contributed by atoms with Crippen molar-refractivity contribution in [2.75, 3.05) is 13.7 Å². The Labute approximate surface area is 129 Å². The van der Waals surface area contributed by atoms with E-state index in [1.54, 1.807) is 7.11 Å². The SMILES string of the molecule is CCCNC(CC1CCCC1)c1c(OC)cnn1C(C)C. The van der Waals surface area contributed by atoms with Gasteiger partial charge in [0.1, 0.15) is 0 Å². The average molecular weight is 293 g/mol. The molecule has 1 N–H and O–H groups in total. The highest BCUT2D eigenvalue weighted by Gasteiger charge is 2.27. The molecular weight excluding hydrogens is 262 g/mol. The second kappa shape index (κ2) is 7.83. The van der Waals surface area contributed by atoms with E-state index < -0.39 is 0 Å². The molecule has 120 valence electrons. The summed E-state index contributed by atoms with van der Waals surface area (Å²) in [4.78, 5) is 0. The minimum atomic E-state index is 0.355. The lowest BCUT2D eigenvalue weighted by Gasteiger charge is -2.25. The van der Waals surface area contributed by atoms with Gasteiger partial charge in [0.2, 0.25) is 0 Å². The van der Waals surface area contributed by atoms with Crippen molar-refractivity contribution in [1.29, 1.82) is 0 Å². The van der Waals surface area contributed by atoms with Crippen LogP contribution < -0.4 is 10.1 Å². The Kier molecular flexibility index (Phi) is 6.09. The van der Waals surface area contributed by atoms with Crippen molar-refractivity contribution in [1.82, 2.24) is 15.1 Å². The molecule has 1 saturated carbocycles. The first kappa shape index (κ1) is 16.3. The van der Waals surface area contributed by atoms with Gasteiger partial charge in [-0.1, -0.05) is 32.6 Å². The third-order valence-corrected chi connectivity index (χ3v) is 4.52. The standard InChI is InChI=1S/C17H31N3O/c1-5-10-18-15(11-14-8-6-7-9-14)17-16(21-4)12-19-20(17)13(2)3/h12-15,18H,5-11H2,1-4H3. The second-order valence-corrected chi connectivity index (χ2v) is 6.53. The fourth-order valence-electron chi connectivity index (χ4n) is 3.45. The van der Waals surface area contributed by atoms with Crippen LogP contribution >= 0.6 is 0 Å². The lowest BCUT2D eigenvalue weighted by Crippen LogP contribution is -2.27. The predicted molar refractivity (Wildman–Crippen MR) is 86.8 cm³/mol. The van der Waals surface area contributed by atoms with Crippen LogP contribution in [0.15, 0.2) is 6.20 Å². The highest BCUT2D eigenvalue weighted by molar-refractivity contribution is 5.29. The van der Waals surface area contributed by atoms with Crippen LogP contribution in [0.1, 0.15) is 77.1 Å². The number of methoxy groups -OCH3 is 1. The first-order chi connectivity index (χ1) is 10.2. The predicted octanol–water partition coefficient (Wildman–Crippen LogP) is 4.09. The van der Waals surface area contributed by atoms with E-state index in [1.807, 2.05) is 6.20 Å². The van der Waals surface area contributed by atoms with E-state index in [4.69, 9.17) is 4.74 Å². The Morgan fingerprint density at radius 2 is 2.10 bits per heavy atom. The highest BCUT2D eigenvalue weighted by Crippen LogP contribution is 2.36. The Hall–Kier alpha value is -1.03. The van der Waals surface area contributed by atoms with E-state index in [9.17, 15) is 0 Å². The van der Waals surface area contributed by atoms with Crippen LogP contribution in [0.3, 0.4) is 0 Å². The van der Waals surface area contributed by atoms with Gasteiger partial charge < -0.3 is 10.1 Å². The number of hydrogen-bond donors (Lipinski definition) is 1. The normalized spacial score (nSPS) is 17.6. The Bertz CT molecular complexity index is 422. The molecule has 0 radical (unpaired) electrons. The van der Waals surface area contributed by atoms with Gasteiger partial charge in [-0.25, -0.2) is 0 Å². The molecule has 0 aromatic carbocycles. The van der Waals surface area contributed by atoms with E-state index >= 15 is 0 Å². The van der Waals surface area contributed by atoms with Crippen LogP contribution in [-0.2, 0) is 0 Å². The van der Waals surface area contributed by atoms with Gasteiger partial charge >= 0.3 is 0 Å². The maximum Gasteiger partial charge on any atom is 0.161 e. The van der Waals surface area contributed by atoms with Gasteiger partial charge in [0.15, 0.2) is 5.75 Å². The number of aromatic nitrogens is 2. The Morgan fingerprint density at radius 3 is 2.67 bits per heavy atom. The number of nitrogens with one attached hydrogen (secondary N) is 1. The molecule has 1 unspecified atom stereocenters. The smallest absolute Gasteiger partial charge is 0.161 e. The van der Waals surface area contributed by atoms with Crippen LogP contribution in [0.5, 0.6) is 5.75 Å². The van der Waals surface area contributed by atoms with Gasteiger partial charge in [0.05, 0.1) is 25.0 Å². The largest absolute Gasteiger partial charge is 0.493 e. The number of hydrogen-bond acceptors (Lipinski definition) is 3. The summed E-state index contributed by atoms with van der Waals surface area (Å²) in [5, 5.41) is 8.27. The molecule has 0 amide bonds. The molecule has 1 fully saturated rings. The molecule has 1 aliphatic carbocycles. The number of ether oxygens (including phenoxy) is 1. The molecule has 0 saturated heterocycles. The molecule has 1 aliphatic rings. The van der Waals surface area contributed by atoms with E-state index in [1.165, 1.54) is 37.8 Å². The molecule has 2 rings (SSSR count). The minimum absolute atomic E-state index is 0.355. The summed E-state index contributed by atoms with van der Waals surface area (Å²) in [7, 11) is 1.75. The molecule has 1 aromatic rings. The molecule has 0 aliphatic heterocycles. The van der Waals surface area contributed by atoms with Crippen LogP contribution in [0.4, 0.5) is 0 Å². The summed E-state index contributed by atoms with van der Waals surface area (Å²) in [5.74, 6) is 1.77. The third kappa shape index (κ3) is 4.00. The molecule has 21 heavy (non-hydrogen) atoms. The highest BCUT2D eigenvalue weighted by atomic mass is 16.5. The van der Waals surface area contributed by atoms with Crippen molar-refractivity contribution < 1.29 is 4.74 Å². The van der Waals surface area contributed by atoms with Gasteiger partial charge in [-0.15, -0.1) is 0 Å². The van der Waals surface area contributed by atoms with Crippen LogP contribution in [0.25, 0.3) is 0 Å². The fraction of sp³-hybridized carbons (Fsp3) is 0.824. The quantitative estimate of drug-likeness (QED) is 0.784. The number of nitrogens with zero attached hydrogens (tertiary/aromatic N) is 2. The zero-order chi connectivity index (χ0) is 15.2. The lowest BCUT2D eigenvalue weighted by molar-refractivity contribution is 0.344. The maximum absolute atomic E-state index is 5.58. The lowest BCUT2D eigenvalue weighted by atomic mass is 9.95. The van der Waals surface area contributed by atoms with Crippen molar-refractivity contribution in [3.63, 3.8) is 0 Å². The average Bonchev–Trinajstić information content (AvgIpc) is 3.11. The van der Waals surface area contributed by atoms with Gasteiger partial charge in [-0.3, -0.25) is 4.68 Å². The van der Waals surface area contributed by atoms with Crippen molar-refractivity contribution in [2.45, 2.75) is 71.4 Å². The first-order valence-corrected chi connectivity index (χ1v) is 8.52. The Morgan fingerprint density at radius 1 is 1.38 bits per heavy atom. The van der Waals surface area contributed by atoms with Crippen LogP contribution in [0, 0.1) is 5.92 Å². The van der Waals surface area contributed by atoms with Crippen LogP contribution in [0.2, 0.25) is 0 Å². The van der Waals surface area contributed by atoms with Crippen molar-refractivity contribution in [3.8, 4) is 5.75 Å². The zero-order valence-corrected chi connectivity index (χ0v) is 14.1. The summed E-state index contributed by atoms with van der Waals surface area (Å²) >= 11 is 0. The molecule has 1 heterocycles. The molecule has 4 heteroatoms. The summed E-state index contributed by atoms with van der Waals surface area (Å²) in [6.45, 7) is 7.63. The summed E-state index contributed by atoms with van der Waals surface area (Å²) < 4.78 is 7.70. The van der Waals surface area contributed by atoms with Crippen molar-refractivity contribution in [2.24, 2.45) is 5.92 Å². The molecule has 1 atom stereocenters. The van der Waals surface area contributed by atoms with E-state index in [0.29, 0.717) is 12.1 Å². The summed E-state index contributed by atoms with van der Waals surface area (Å²) in [6, 6.07) is 0.714. The molecule has 1 aromatic heterocycles. The van der Waals surface area contributed by atoms with Gasteiger partial charge in [0, 0.05) is 6.04 Å². The Balaban J connectivity index is 2.23. The van der Waals surface area contributed by atoms with E-state index in [-0.39, 0.29) is 0 Å². The molecule has 4 nitrogen and oxygen atoms in total. The zero-order valence-electron chi connectivity index (χ0n) is 14.1. The molecule has 0 bridgehead atoms. The van der Waals surface area contributed by atoms with Crippen molar-refractivity contribution in [3.05, 3.63) is 11.9 Å². The first-order valence-electron chi connectivity index (χ1n) is 8.52. The topological polar surface area (TPSA) is 39.1 Å². The maximum atomic E-state index is 5.58. The summed E-state index contributed by atoms with van der Waals surface area (Å²) in [5.41, 5.74) is 1.23. The third-order valence-electron chi connectivity index (χ3n) is 4.52. The van der Waals surface area contributed by atoms with Gasteiger partial charge in [0.25, 0.3) is 0 Å². The van der Waals surface area contributed by atoms with Crippen molar-refractivity contribution >= 4 is 0 Å². The van der Waals surface area contributed by atoms with Gasteiger partial charge in [-0.05, 0) is 39.2 Å². The monoisotopic (exact) mass is 293 g/mol. The minimum Gasteiger partial charge on any atom is -0.493 e. The molecular formula is C17H31N3O.